The van der Waals surface area contributed by atoms with Crippen LogP contribution in [0.15, 0.2) is 18.2 Å². The van der Waals surface area contributed by atoms with Crippen molar-refractivity contribution in [2.45, 2.75) is 32.7 Å². The highest BCUT2D eigenvalue weighted by molar-refractivity contribution is 7.18. The first kappa shape index (κ1) is 13.0. The summed E-state index contributed by atoms with van der Waals surface area (Å²) < 4.78 is 1.08. The zero-order valence-corrected chi connectivity index (χ0v) is 11.5. The van der Waals surface area contributed by atoms with Gasteiger partial charge in [-0.3, -0.25) is 4.79 Å². The van der Waals surface area contributed by atoms with Crippen LogP contribution in [0, 0.1) is 0 Å². The Hall–Kier alpha value is -1.46. The monoisotopic (exact) mass is 263 g/mol. The van der Waals surface area contributed by atoms with Crippen LogP contribution in [0.25, 0.3) is 10.2 Å². The molecule has 0 fully saturated rings. The van der Waals surface area contributed by atoms with Gasteiger partial charge in [0.15, 0.2) is 0 Å². The molecule has 3 N–H and O–H groups in total. The lowest BCUT2D eigenvalue weighted by molar-refractivity contribution is -0.117. The number of hydrogen-bond acceptors (Lipinski definition) is 4. The standard InChI is InChI=1S/C13H17N3OS/c1-7(2)13-16-10-5-4-9(6-11(10)18-13)15-12(17)8(3)14/h4-8H,14H2,1-3H3,(H,15,17)/t8-/m0/s1. The Labute approximate surface area is 110 Å². The van der Waals surface area contributed by atoms with E-state index >= 15 is 0 Å². The molecule has 2 aromatic rings. The Kier molecular flexibility index (Phi) is 3.63. The van der Waals surface area contributed by atoms with Gasteiger partial charge < -0.3 is 11.1 Å². The molecular formula is C13H17N3OS. The zero-order valence-electron chi connectivity index (χ0n) is 10.7. The molecule has 4 nitrogen and oxygen atoms in total. The Bertz CT molecular complexity index is 575. The molecule has 1 aromatic carbocycles. The summed E-state index contributed by atoms with van der Waals surface area (Å²) in [4.78, 5) is 16.1. The number of amides is 1. The average Bonchev–Trinajstić information content (AvgIpc) is 2.71. The Morgan fingerprint density at radius 3 is 2.72 bits per heavy atom. The Balaban J connectivity index is 2.29. The second-order valence-electron chi connectivity index (χ2n) is 4.67. The number of hydrogen-bond donors (Lipinski definition) is 2. The maximum atomic E-state index is 11.5. The summed E-state index contributed by atoms with van der Waals surface area (Å²) in [5.74, 6) is 0.243. The first-order valence-electron chi connectivity index (χ1n) is 5.94. The van der Waals surface area contributed by atoms with Crippen LogP contribution in [0.2, 0.25) is 0 Å². The fourth-order valence-corrected chi connectivity index (χ4v) is 2.53. The van der Waals surface area contributed by atoms with Gasteiger partial charge in [0.2, 0.25) is 5.91 Å². The van der Waals surface area contributed by atoms with Gasteiger partial charge in [-0.1, -0.05) is 13.8 Å². The molecule has 0 saturated heterocycles. The maximum absolute atomic E-state index is 11.5. The van der Waals surface area contributed by atoms with E-state index in [0.717, 1.165) is 20.9 Å². The molecule has 2 rings (SSSR count). The summed E-state index contributed by atoms with van der Waals surface area (Å²) >= 11 is 1.66. The molecule has 0 aliphatic heterocycles. The summed E-state index contributed by atoms with van der Waals surface area (Å²) in [7, 11) is 0. The largest absolute Gasteiger partial charge is 0.325 e. The molecule has 5 heteroatoms. The number of rotatable bonds is 3. The molecule has 1 aromatic heterocycles. The van der Waals surface area contributed by atoms with E-state index in [0.29, 0.717) is 5.92 Å². The van der Waals surface area contributed by atoms with E-state index < -0.39 is 6.04 Å². The maximum Gasteiger partial charge on any atom is 0.240 e. The summed E-state index contributed by atoms with van der Waals surface area (Å²) in [6.45, 7) is 5.91. The average molecular weight is 263 g/mol. The van der Waals surface area contributed by atoms with Crippen LogP contribution >= 0.6 is 11.3 Å². The lowest BCUT2D eigenvalue weighted by Gasteiger charge is -2.07. The number of aromatic nitrogens is 1. The minimum absolute atomic E-state index is 0.178. The minimum Gasteiger partial charge on any atom is -0.325 e. The quantitative estimate of drug-likeness (QED) is 0.894. The van der Waals surface area contributed by atoms with Gasteiger partial charge >= 0.3 is 0 Å². The number of benzene rings is 1. The van der Waals surface area contributed by atoms with Crippen LogP contribution in [-0.4, -0.2) is 16.9 Å². The SMILES string of the molecule is CC(C)c1nc2ccc(NC(=O)[C@H](C)N)cc2s1. The first-order valence-corrected chi connectivity index (χ1v) is 6.76. The molecule has 0 bridgehead atoms. The van der Waals surface area contributed by atoms with Crippen molar-refractivity contribution in [1.82, 2.24) is 4.98 Å². The fourth-order valence-electron chi connectivity index (χ4n) is 1.52. The van der Waals surface area contributed by atoms with E-state index in [1.165, 1.54) is 0 Å². The number of carbonyl (C=O) groups is 1. The summed E-state index contributed by atoms with van der Waals surface area (Å²) in [5, 5.41) is 3.90. The lowest BCUT2D eigenvalue weighted by Crippen LogP contribution is -2.32. The van der Waals surface area contributed by atoms with Gasteiger partial charge in [-0.05, 0) is 25.1 Å². The highest BCUT2D eigenvalue weighted by atomic mass is 32.1. The van der Waals surface area contributed by atoms with Gasteiger partial charge in [0.1, 0.15) is 0 Å². The minimum atomic E-state index is -0.506. The third kappa shape index (κ3) is 2.68. The Morgan fingerprint density at radius 2 is 2.11 bits per heavy atom. The highest BCUT2D eigenvalue weighted by Crippen LogP contribution is 2.29. The van der Waals surface area contributed by atoms with E-state index in [2.05, 4.69) is 24.1 Å². The number of fused-ring (bicyclic) bond motifs is 1. The molecule has 1 amide bonds. The van der Waals surface area contributed by atoms with Crippen molar-refractivity contribution in [3.8, 4) is 0 Å². The van der Waals surface area contributed by atoms with E-state index in [1.54, 1.807) is 18.3 Å². The molecule has 1 atom stereocenters. The zero-order chi connectivity index (χ0) is 13.3. The van der Waals surface area contributed by atoms with Crippen LogP contribution in [-0.2, 0) is 4.79 Å². The summed E-state index contributed by atoms with van der Waals surface area (Å²) in [6, 6.07) is 5.22. The summed E-state index contributed by atoms with van der Waals surface area (Å²) in [6.07, 6.45) is 0. The molecule has 0 aliphatic carbocycles. The Morgan fingerprint density at radius 1 is 1.39 bits per heavy atom. The highest BCUT2D eigenvalue weighted by Gasteiger charge is 2.10. The van der Waals surface area contributed by atoms with Gasteiger partial charge in [0.25, 0.3) is 0 Å². The summed E-state index contributed by atoms with van der Waals surface area (Å²) in [5.41, 5.74) is 7.26. The van der Waals surface area contributed by atoms with Crippen LogP contribution in [0.4, 0.5) is 5.69 Å². The van der Waals surface area contributed by atoms with Crippen LogP contribution < -0.4 is 11.1 Å². The van der Waals surface area contributed by atoms with Crippen molar-refractivity contribution < 1.29 is 4.79 Å². The predicted octanol–water partition coefficient (Wildman–Crippen LogP) is 2.71. The third-order valence-electron chi connectivity index (χ3n) is 2.58. The van der Waals surface area contributed by atoms with Crippen LogP contribution in [0.5, 0.6) is 0 Å². The van der Waals surface area contributed by atoms with Crippen LogP contribution in [0.1, 0.15) is 31.7 Å². The molecule has 0 saturated carbocycles. The number of thiazole rings is 1. The molecule has 1 heterocycles. The van der Waals surface area contributed by atoms with Gasteiger partial charge in [-0.15, -0.1) is 11.3 Å². The third-order valence-corrected chi connectivity index (χ3v) is 3.90. The van der Waals surface area contributed by atoms with Gasteiger partial charge in [0.05, 0.1) is 21.3 Å². The normalized spacial score (nSPS) is 12.9. The molecule has 18 heavy (non-hydrogen) atoms. The number of nitrogens with one attached hydrogen (secondary N) is 1. The van der Waals surface area contributed by atoms with E-state index in [-0.39, 0.29) is 5.91 Å². The number of carbonyl (C=O) groups excluding carboxylic acids is 1. The molecule has 0 spiro atoms. The molecular weight excluding hydrogens is 246 g/mol. The molecule has 0 aliphatic rings. The predicted molar refractivity (Wildman–Crippen MR) is 76.0 cm³/mol. The van der Waals surface area contributed by atoms with Crippen molar-refractivity contribution in [2.24, 2.45) is 5.73 Å². The van der Waals surface area contributed by atoms with E-state index in [9.17, 15) is 4.79 Å². The number of nitrogens with two attached hydrogens (primary N) is 1. The van der Waals surface area contributed by atoms with Gasteiger partial charge in [-0.2, -0.15) is 0 Å². The van der Waals surface area contributed by atoms with Crippen molar-refractivity contribution in [2.75, 3.05) is 5.32 Å². The van der Waals surface area contributed by atoms with Gasteiger partial charge in [-0.25, -0.2) is 4.98 Å². The first-order chi connectivity index (χ1) is 8.47. The van der Waals surface area contributed by atoms with E-state index in [1.807, 2.05) is 18.2 Å². The second kappa shape index (κ2) is 5.04. The van der Waals surface area contributed by atoms with Crippen molar-refractivity contribution in [3.63, 3.8) is 0 Å². The smallest absolute Gasteiger partial charge is 0.240 e. The number of nitrogens with zero attached hydrogens (tertiary/aromatic N) is 1. The number of anilines is 1. The topological polar surface area (TPSA) is 68.0 Å². The molecule has 0 radical (unpaired) electrons. The molecule has 0 unspecified atom stereocenters. The van der Waals surface area contributed by atoms with Crippen molar-refractivity contribution in [1.29, 1.82) is 0 Å². The van der Waals surface area contributed by atoms with Crippen LogP contribution in [0.3, 0.4) is 0 Å². The lowest BCUT2D eigenvalue weighted by atomic mass is 10.2. The van der Waals surface area contributed by atoms with Crippen molar-refractivity contribution >= 4 is 33.1 Å². The van der Waals surface area contributed by atoms with Gasteiger partial charge in [0, 0.05) is 11.6 Å². The van der Waals surface area contributed by atoms with Crippen molar-refractivity contribution in [3.05, 3.63) is 23.2 Å². The fraction of sp³-hybridized carbons (Fsp3) is 0.385. The van der Waals surface area contributed by atoms with E-state index in [4.69, 9.17) is 5.73 Å². The second-order valence-corrected chi connectivity index (χ2v) is 5.73. The molecule has 96 valence electrons.